The number of urea groups is 1. The fourth-order valence-corrected chi connectivity index (χ4v) is 5.32. The number of anilines is 1. The molecule has 1 saturated carbocycles. The minimum absolute atomic E-state index is 0.0515. The number of carbonyl (C=O) groups excluding carboxylic acids is 2. The van der Waals surface area contributed by atoms with Crippen LogP contribution in [0.15, 0.2) is 24.3 Å². The lowest BCUT2D eigenvalue weighted by Gasteiger charge is -2.43. The van der Waals surface area contributed by atoms with Crippen LogP contribution in [0.25, 0.3) is 0 Å². The summed E-state index contributed by atoms with van der Waals surface area (Å²) in [6, 6.07) is 5.69. The maximum absolute atomic E-state index is 13.5. The standard InChI is InChI=1S/C24H35FN4O2/c1-18-9-11-28(12-10-18)23(30)22(19-5-2-3-6-19)27-13-15-29(16-14-27)24(31)26-21-8-4-7-20(25)17-21/h4,7-8,17-19,22H,2-3,5-6,9-16H2,1H3,(H,26,31). The van der Waals surface area contributed by atoms with Crippen LogP contribution in [0.5, 0.6) is 0 Å². The molecule has 3 aliphatic rings. The average molecular weight is 431 g/mol. The number of piperidine rings is 1. The number of amides is 3. The van der Waals surface area contributed by atoms with E-state index in [1.807, 2.05) is 0 Å². The highest BCUT2D eigenvalue weighted by atomic mass is 19.1. The number of hydrogen-bond donors (Lipinski definition) is 1. The van der Waals surface area contributed by atoms with Crippen LogP contribution in [0.3, 0.4) is 0 Å². The predicted octanol–water partition coefficient (Wildman–Crippen LogP) is 3.79. The zero-order valence-corrected chi connectivity index (χ0v) is 18.6. The molecular weight excluding hydrogens is 395 g/mol. The number of hydrogen-bond acceptors (Lipinski definition) is 3. The fraction of sp³-hybridized carbons (Fsp3) is 0.667. The Morgan fingerprint density at radius 3 is 2.29 bits per heavy atom. The van der Waals surface area contributed by atoms with E-state index in [0.717, 1.165) is 38.8 Å². The number of halogens is 1. The Morgan fingerprint density at radius 2 is 1.65 bits per heavy atom. The molecule has 1 aromatic carbocycles. The number of nitrogens with one attached hydrogen (secondary N) is 1. The maximum atomic E-state index is 13.5. The van der Waals surface area contributed by atoms with Crippen LogP contribution in [-0.2, 0) is 4.79 Å². The molecule has 0 bridgehead atoms. The van der Waals surface area contributed by atoms with E-state index >= 15 is 0 Å². The summed E-state index contributed by atoms with van der Waals surface area (Å²) in [5.41, 5.74) is 0.464. The molecule has 1 atom stereocenters. The van der Waals surface area contributed by atoms with Crippen molar-refractivity contribution in [2.45, 2.75) is 51.5 Å². The Bertz CT molecular complexity index is 767. The van der Waals surface area contributed by atoms with E-state index < -0.39 is 0 Å². The van der Waals surface area contributed by atoms with Gasteiger partial charge >= 0.3 is 6.03 Å². The first-order chi connectivity index (χ1) is 15.0. The Morgan fingerprint density at radius 1 is 0.968 bits per heavy atom. The normalized spacial score (nSPS) is 22.5. The summed E-state index contributed by atoms with van der Waals surface area (Å²) in [6.07, 6.45) is 6.86. The van der Waals surface area contributed by atoms with Gasteiger partial charge in [-0.2, -0.15) is 0 Å². The van der Waals surface area contributed by atoms with Gasteiger partial charge < -0.3 is 15.1 Å². The first kappa shape index (κ1) is 22.1. The molecule has 2 aliphatic heterocycles. The molecule has 1 aromatic rings. The molecule has 2 heterocycles. The Hall–Kier alpha value is -2.15. The van der Waals surface area contributed by atoms with Crippen molar-refractivity contribution in [3.8, 4) is 0 Å². The molecule has 170 valence electrons. The van der Waals surface area contributed by atoms with Gasteiger partial charge in [-0.1, -0.05) is 25.8 Å². The van der Waals surface area contributed by atoms with Gasteiger partial charge in [0, 0.05) is 45.0 Å². The summed E-state index contributed by atoms with van der Waals surface area (Å²) >= 11 is 0. The summed E-state index contributed by atoms with van der Waals surface area (Å²) in [6.45, 7) is 6.58. The Labute approximate surface area is 184 Å². The van der Waals surface area contributed by atoms with E-state index in [2.05, 4.69) is 22.0 Å². The zero-order valence-electron chi connectivity index (χ0n) is 18.6. The fourth-order valence-electron chi connectivity index (χ4n) is 5.32. The highest BCUT2D eigenvalue weighted by Crippen LogP contribution is 2.32. The maximum Gasteiger partial charge on any atom is 0.321 e. The first-order valence-corrected chi connectivity index (χ1v) is 11.9. The van der Waals surface area contributed by atoms with E-state index in [9.17, 15) is 14.0 Å². The summed E-state index contributed by atoms with van der Waals surface area (Å²) in [5.74, 6) is 1.07. The Balaban J connectivity index is 1.37. The number of carbonyl (C=O) groups is 2. The van der Waals surface area contributed by atoms with Gasteiger partial charge in [-0.15, -0.1) is 0 Å². The largest absolute Gasteiger partial charge is 0.341 e. The van der Waals surface area contributed by atoms with Crippen LogP contribution in [0.2, 0.25) is 0 Å². The SMILES string of the molecule is CC1CCN(C(=O)C(C2CCCC2)N2CCN(C(=O)Nc3cccc(F)c3)CC2)CC1. The third-order valence-electron chi connectivity index (χ3n) is 7.27. The van der Waals surface area contributed by atoms with E-state index in [1.54, 1.807) is 17.0 Å². The zero-order chi connectivity index (χ0) is 21.8. The monoisotopic (exact) mass is 430 g/mol. The van der Waals surface area contributed by atoms with Gasteiger partial charge in [-0.05, 0) is 55.7 Å². The van der Waals surface area contributed by atoms with E-state index in [1.165, 1.54) is 25.0 Å². The molecule has 7 heteroatoms. The molecule has 1 N–H and O–H groups in total. The minimum Gasteiger partial charge on any atom is -0.341 e. The van der Waals surface area contributed by atoms with Gasteiger partial charge in [-0.25, -0.2) is 9.18 Å². The Kier molecular flexibility index (Phi) is 7.10. The van der Waals surface area contributed by atoms with Crippen LogP contribution in [0.1, 0.15) is 45.4 Å². The predicted molar refractivity (Wildman–Crippen MR) is 119 cm³/mol. The molecule has 0 spiro atoms. The van der Waals surface area contributed by atoms with Gasteiger partial charge in [0.1, 0.15) is 5.82 Å². The van der Waals surface area contributed by atoms with Crippen molar-refractivity contribution in [1.82, 2.24) is 14.7 Å². The van der Waals surface area contributed by atoms with E-state index in [0.29, 0.717) is 49.6 Å². The number of piperazine rings is 1. The third-order valence-corrected chi connectivity index (χ3v) is 7.27. The quantitative estimate of drug-likeness (QED) is 0.791. The van der Waals surface area contributed by atoms with E-state index in [4.69, 9.17) is 0 Å². The van der Waals surface area contributed by atoms with E-state index in [-0.39, 0.29) is 17.9 Å². The summed E-state index contributed by atoms with van der Waals surface area (Å²) in [5, 5.41) is 2.78. The van der Waals surface area contributed by atoms with Gasteiger partial charge in [0.05, 0.1) is 6.04 Å². The lowest BCUT2D eigenvalue weighted by Crippen LogP contribution is -2.59. The lowest BCUT2D eigenvalue weighted by atomic mass is 9.92. The molecule has 2 saturated heterocycles. The van der Waals surface area contributed by atoms with Crippen LogP contribution in [0.4, 0.5) is 14.9 Å². The number of rotatable bonds is 4. The van der Waals surface area contributed by atoms with Crippen LogP contribution in [0, 0.1) is 17.7 Å². The first-order valence-electron chi connectivity index (χ1n) is 11.9. The average Bonchev–Trinajstić information content (AvgIpc) is 3.29. The van der Waals surface area contributed by atoms with Crippen molar-refractivity contribution < 1.29 is 14.0 Å². The molecule has 0 radical (unpaired) electrons. The second-order valence-electron chi connectivity index (χ2n) is 9.46. The van der Waals surface area contributed by atoms with Gasteiger partial charge in [0.15, 0.2) is 0 Å². The van der Waals surface area contributed by atoms with Crippen LogP contribution in [-0.4, -0.2) is 71.9 Å². The molecular formula is C24H35FN4O2. The van der Waals surface area contributed by atoms with Crippen LogP contribution < -0.4 is 5.32 Å². The molecule has 3 amide bonds. The highest BCUT2D eigenvalue weighted by molar-refractivity contribution is 5.89. The summed E-state index contributed by atoms with van der Waals surface area (Å²) < 4.78 is 13.4. The van der Waals surface area contributed by atoms with Gasteiger partial charge in [-0.3, -0.25) is 9.69 Å². The van der Waals surface area contributed by atoms with Crippen LogP contribution >= 0.6 is 0 Å². The summed E-state index contributed by atoms with van der Waals surface area (Å²) in [7, 11) is 0. The van der Waals surface area contributed by atoms with Gasteiger partial charge in [0.2, 0.25) is 5.91 Å². The van der Waals surface area contributed by atoms with Crippen molar-refractivity contribution in [3.63, 3.8) is 0 Å². The molecule has 3 fully saturated rings. The van der Waals surface area contributed by atoms with Gasteiger partial charge in [0.25, 0.3) is 0 Å². The second kappa shape index (κ2) is 9.98. The molecule has 1 aliphatic carbocycles. The summed E-state index contributed by atoms with van der Waals surface area (Å²) in [4.78, 5) is 32.3. The smallest absolute Gasteiger partial charge is 0.321 e. The lowest BCUT2D eigenvalue weighted by molar-refractivity contribution is -0.141. The second-order valence-corrected chi connectivity index (χ2v) is 9.46. The number of likely N-dealkylation sites (tertiary alicyclic amines) is 1. The van der Waals surface area contributed by atoms with Crippen molar-refractivity contribution in [1.29, 1.82) is 0 Å². The van der Waals surface area contributed by atoms with Crippen molar-refractivity contribution in [2.24, 2.45) is 11.8 Å². The van der Waals surface area contributed by atoms with Crippen molar-refractivity contribution in [2.75, 3.05) is 44.6 Å². The number of nitrogens with zero attached hydrogens (tertiary/aromatic N) is 3. The highest BCUT2D eigenvalue weighted by Gasteiger charge is 2.39. The molecule has 31 heavy (non-hydrogen) atoms. The van der Waals surface area contributed by atoms with Crippen molar-refractivity contribution in [3.05, 3.63) is 30.1 Å². The molecule has 0 aromatic heterocycles. The number of benzene rings is 1. The van der Waals surface area contributed by atoms with Crippen molar-refractivity contribution >= 4 is 17.6 Å². The molecule has 6 nitrogen and oxygen atoms in total. The third kappa shape index (κ3) is 5.37. The minimum atomic E-state index is -0.368. The molecule has 1 unspecified atom stereocenters. The molecule has 4 rings (SSSR count). The topological polar surface area (TPSA) is 55.9 Å².